The maximum Gasteiger partial charge on any atom is 0.227 e. The molecule has 4 aromatic rings. The van der Waals surface area contributed by atoms with Gasteiger partial charge in [-0.1, -0.05) is 45.0 Å². The van der Waals surface area contributed by atoms with Gasteiger partial charge in [-0.05, 0) is 35.6 Å². The Kier molecular flexibility index (Phi) is 11.5. The zero-order valence-electron chi connectivity index (χ0n) is 28.6. The summed E-state index contributed by atoms with van der Waals surface area (Å²) in [4.78, 5) is 23.5. The predicted molar refractivity (Wildman–Crippen MR) is 196 cm³/mol. The fraction of sp³-hybridized carbons (Fsp3) is 0.545. The molecule has 14 nitrogen and oxygen atoms in total. The van der Waals surface area contributed by atoms with Crippen molar-refractivity contribution in [3.05, 3.63) is 40.9 Å². The molecule has 7 rings (SSSR count). The molecule has 3 aromatic heterocycles. The third kappa shape index (κ3) is 7.73. The predicted octanol–water partition coefficient (Wildman–Crippen LogP) is 3.26. The molecule has 0 aliphatic carbocycles. The van der Waals surface area contributed by atoms with E-state index in [0.717, 1.165) is 54.4 Å². The fourth-order valence-electron chi connectivity index (χ4n) is 6.10. The molecule has 3 aliphatic rings. The summed E-state index contributed by atoms with van der Waals surface area (Å²) in [6.07, 6.45) is 1.34. The van der Waals surface area contributed by atoms with Crippen molar-refractivity contribution < 1.29 is 23.2 Å². The highest BCUT2D eigenvalue weighted by Gasteiger charge is 2.31. The Morgan fingerprint density at radius 1 is 0.800 bits per heavy atom. The van der Waals surface area contributed by atoms with Crippen LogP contribution in [0, 0.1) is 11.8 Å². The normalized spacial score (nSPS) is 19.7. The molecule has 1 saturated heterocycles. The molecule has 0 radical (unpaired) electrons. The number of rotatable bonds is 10. The lowest BCUT2D eigenvalue weighted by molar-refractivity contribution is 0.248. The second-order valence-electron chi connectivity index (χ2n) is 13.2. The number of aliphatic hydroxyl groups excluding tert-OH is 2. The smallest absolute Gasteiger partial charge is 0.227 e. The molecule has 0 amide bonds. The Labute approximate surface area is 301 Å². The number of hydrogen-bond donors (Lipinski definition) is 4. The van der Waals surface area contributed by atoms with E-state index in [1.165, 1.54) is 0 Å². The van der Waals surface area contributed by atoms with Gasteiger partial charge in [-0.15, -0.1) is 0 Å². The van der Waals surface area contributed by atoms with Crippen LogP contribution in [0.2, 0.25) is 5.28 Å². The average molecular weight is 746 g/mol. The lowest BCUT2D eigenvalue weighted by Gasteiger charge is -2.35. The number of nitrogens with zero attached hydrogens (tertiary/aromatic N) is 7. The first-order valence-electron chi connectivity index (χ1n) is 16.9. The molecule has 4 N–H and O–H groups in total. The summed E-state index contributed by atoms with van der Waals surface area (Å²) in [5.74, 6) is 4.18. The monoisotopic (exact) mass is 745 g/mol. The molecule has 3 aliphatic heterocycles. The molecule has 0 bridgehead atoms. The topological polar surface area (TPSA) is 183 Å². The first kappa shape index (κ1) is 36.4. The molecule has 50 heavy (non-hydrogen) atoms. The lowest BCUT2D eigenvalue weighted by Crippen LogP contribution is -2.47. The molecule has 0 saturated carbocycles. The van der Waals surface area contributed by atoms with Crippen LogP contribution >= 0.6 is 11.6 Å². The summed E-state index contributed by atoms with van der Waals surface area (Å²) in [7, 11) is -2.19. The van der Waals surface area contributed by atoms with Gasteiger partial charge in [0.05, 0.1) is 63.7 Å². The van der Waals surface area contributed by atoms with E-state index in [1.807, 2.05) is 52.0 Å². The van der Waals surface area contributed by atoms with Crippen molar-refractivity contribution >= 4 is 67.6 Å². The van der Waals surface area contributed by atoms with Crippen molar-refractivity contribution in [2.75, 3.05) is 71.3 Å². The highest BCUT2D eigenvalue weighted by molar-refractivity contribution is 7.85. The van der Waals surface area contributed by atoms with E-state index in [2.05, 4.69) is 35.6 Å². The van der Waals surface area contributed by atoms with Crippen LogP contribution < -0.4 is 20.4 Å². The SMILES string of the molecule is CC(C)C(CO)Nc1nc(Cl)nc2c1S(=O)CC2.CC(C)C(CO)Nc1nc(N2CCN(c3noc4ccccc34)CC2)nc2c1S(=O)CC2. The third-order valence-electron chi connectivity index (χ3n) is 9.20. The Balaban J connectivity index is 0.000000204. The van der Waals surface area contributed by atoms with Gasteiger partial charge < -0.3 is 35.2 Å². The van der Waals surface area contributed by atoms with Crippen LogP contribution in [0.3, 0.4) is 0 Å². The maximum absolute atomic E-state index is 12.6. The molecule has 1 aromatic carbocycles. The maximum atomic E-state index is 12.6. The van der Waals surface area contributed by atoms with Crippen LogP contribution in [-0.2, 0) is 34.4 Å². The van der Waals surface area contributed by atoms with Crippen molar-refractivity contribution in [3.8, 4) is 0 Å². The van der Waals surface area contributed by atoms with Gasteiger partial charge in [0.25, 0.3) is 0 Å². The number of benzene rings is 1. The van der Waals surface area contributed by atoms with Gasteiger partial charge in [-0.2, -0.15) is 9.97 Å². The van der Waals surface area contributed by atoms with Crippen molar-refractivity contribution in [2.45, 2.75) is 62.4 Å². The summed E-state index contributed by atoms with van der Waals surface area (Å²) < 4.78 is 30.0. The zero-order chi connectivity index (χ0) is 35.5. The molecule has 1 fully saturated rings. The molecular formula is C33H44ClN9O5S2. The molecule has 17 heteroatoms. The number of halogens is 1. The van der Waals surface area contributed by atoms with E-state index >= 15 is 0 Å². The van der Waals surface area contributed by atoms with Crippen LogP contribution in [0.1, 0.15) is 39.1 Å². The number of aryl methyl sites for hydroxylation is 2. The van der Waals surface area contributed by atoms with Crippen molar-refractivity contribution in [1.82, 2.24) is 25.1 Å². The van der Waals surface area contributed by atoms with Gasteiger partial charge in [0.1, 0.15) is 21.4 Å². The Morgan fingerprint density at radius 2 is 1.34 bits per heavy atom. The summed E-state index contributed by atoms with van der Waals surface area (Å²) in [5.41, 5.74) is 2.39. The van der Waals surface area contributed by atoms with Crippen molar-refractivity contribution in [1.29, 1.82) is 0 Å². The van der Waals surface area contributed by atoms with Gasteiger partial charge in [-0.3, -0.25) is 8.42 Å². The first-order chi connectivity index (χ1) is 24.1. The van der Waals surface area contributed by atoms with E-state index in [-0.39, 0.29) is 42.4 Å². The van der Waals surface area contributed by atoms with Crippen molar-refractivity contribution in [2.24, 2.45) is 11.8 Å². The highest BCUT2D eigenvalue weighted by atomic mass is 35.5. The number of hydrogen-bond acceptors (Lipinski definition) is 14. The molecule has 0 spiro atoms. The minimum Gasteiger partial charge on any atom is -0.394 e. The quantitative estimate of drug-likeness (QED) is 0.174. The van der Waals surface area contributed by atoms with Gasteiger partial charge in [0.2, 0.25) is 11.2 Å². The highest BCUT2D eigenvalue weighted by Crippen LogP contribution is 2.33. The van der Waals surface area contributed by atoms with Crippen LogP contribution in [0.4, 0.5) is 23.4 Å². The molecule has 4 atom stereocenters. The minimum absolute atomic E-state index is 0.0112. The Hall–Kier alpha value is -3.44. The number of anilines is 4. The van der Waals surface area contributed by atoms with E-state index in [9.17, 15) is 18.6 Å². The van der Waals surface area contributed by atoms with E-state index < -0.39 is 21.6 Å². The molecule has 4 unspecified atom stereocenters. The standard InChI is InChI=1S/C22H28N6O3S.C11H16ClN3O2S/c1-14(2)17(13-29)23-20-19-16(7-12-32(19)30)24-22(25-20)28-10-8-27(9-11-28)21-15-5-3-4-6-18(15)31-26-21;1-6(2)8(5-16)13-10-9-7(3-4-18(9)17)14-11(12)15-10/h3-6,14,17,29H,7-13H2,1-2H3,(H,23,24,25);6,8,16H,3-5H2,1-2H3,(H,13,14,15). The zero-order valence-corrected chi connectivity index (χ0v) is 31.0. The average Bonchev–Trinajstić information content (AvgIpc) is 3.82. The lowest BCUT2D eigenvalue weighted by atomic mass is 10.1. The first-order valence-corrected chi connectivity index (χ1v) is 19.9. The second-order valence-corrected chi connectivity index (χ2v) is 16.5. The Bertz CT molecular complexity index is 1870. The largest absolute Gasteiger partial charge is 0.394 e. The fourth-order valence-corrected chi connectivity index (χ4v) is 8.92. The number of aliphatic hydroxyl groups is 2. The number of nitrogens with one attached hydrogen (secondary N) is 2. The van der Waals surface area contributed by atoms with Crippen LogP contribution in [0.25, 0.3) is 11.0 Å². The van der Waals surface area contributed by atoms with Crippen LogP contribution in [-0.4, -0.2) is 107 Å². The summed E-state index contributed by atoms with van der Waals surface area (Å²) in [6.45, 7) is 11.1. The second kappa shape index (κ2) is 15.8. The number of para-hydroxylation sites is 1. The number of aromatic nitrogens is 5. The van der Waals surface area contributed by atoms with E-state index in [4.69, 9.17) is 26.1 Å². The summed E-state index contributed by atoms with van der Waals surface area (Å²) >= 11 is 5.86. The number of piperazine rings is 1. The van der Waals surface area contributed by atoms with Gasteiger partial charge in [0.15, 0.2) is 11.4 Å². The minimum atomic E-state index is -1.11. The van der Waals surface area contributed by atoms with Gasteiger partial charge in [-0.25, -0.2) is 9.97 Å². The molecule has 6 heterocycles. The van der Waals surface area contributed by atoms with Crippen molar-refractivity contribution in [3.63, 3.8) is 0 Å². The van der Waals surface area contributed by atoms with E-state index in [0.29, 0.717) is 51.7 Å². The van der Waals surface area contributed by atoms with Crippen LogP contribution in [0.5, 0.6) is 0 Å². The molecular weight excluding hydrogens is 702 g/mol. The van der Waals surface area contributed by atoms with Gasteiger partial charge >= 0.3 is 0 Å². The molecule has 270 valence electrons. The summed E-state index contributed by atoms with van der Waals surface area (Å²) in [5, 5.41) is 31.0. The third-order valence-corrected chi connectivity index (χ3v) is 12.3. The number of fused-ring (bicyclic) bond motifs is 3. The van der Waals surface area contributed by atoms with Gasteiger partial charge in [0, 0.05) is 50.5 Å². The summed E-state index contributed by atoms with van der Waals surface area (Å²) in [6, 6.07) is 7.60. The van der Waals surface area contributed by atoms with Crippen LogP contribution in [0.15, 0.2) is 38.6 Å². The van der Waals surface area contributed by atoms with E-state index in [1.54, 1.807) is 0 Å². The Morgan fingerprint density at radius 3 is 1.92 bits per heavy atom.